The van der Waals surface area contributed by atoms with Crippen LogP contribution in [0.5, 0.6) is 0 Å². The van der Waals surface area contributed by atoms with Crippen LogP contribution in [0, 0.1) is 0 Å². The largest absolute Gasteiger partial charge is 0.328 e. The summed E-state index contributed by atoms with van der Waals surface area (Å²) in [5, 5.41) is 5.16. The fraction of sp³-hybridized carbons (Fsp3) is 0.158. The monoisotopic (exact) mass is 414 g/mol. The molecule has 0 aliphatic heterocycles. The van der Waals surface area contributed by atoms with Crippen LogP contribution in [-0.4, -0.2) is 19.3 Å². The van der Waals surface area contributed by atoms with E-state index in [1.807, 2.05) is 41.2 Å². The van der Waals surface area contributed by atoms with Crippen LogP contribution in [0.3, 0.4) is 0 Å². The molecule has 2 heterocycles. The lowest BCUT2D eigenvalue weighted by Crippen LogP contribution is -2.07. The number of aromatic nitrogens is 4. The summed E-state index contributed by atoms with van der Waals surface area (Å²) in [7, 11) is 0. The van der Waals surface area contributed by atoms with Crippen LogP contribution in [0.1, 0.15) is 18.4 Å². The fourth-order valence-electron chi connectivity index (χ4n) is 3.11. The van der Waals surface area contributed by atoms with Crippen molar-refractivity contribution < 1.29 is 0 Å². The quantitative estimate of drug-likeness (QED) is 0.456. The van der Waals surface area contributed by atoms with E-state index in [1.54, 1.807) is 0 Å². The molecule has 126 valence electrons. The van der Waals surface area contributed by atoms with E-state index in [-0.39, 0.29) is 0 Å². The lowest BCUT2D eigenvalue weighted by molar-refractivity contribution is 0.715. The number of nitrogens with zero attached hydrogens (tertiary/aromatic N) is 4. The maximum absolute atomic E-state index is 6.13. The molecule has 0 radical (unpaired) electrons. The van der Waals surface area contributed by atoms with Crippen LogP contribution < -0.4 is 0 Å². The first-order valence-electron chi connectivity index (χ1n) is 8.09. The van der Waals surface area contributed by atoms with Crippen molar-refractivity contribution in [1.82, 2.24) is 19.3 Å². The normalized spacial score (nSPS) is 11.3. The first-order valence-corrected chi connectivity index (χ1v) is 9.26. The molecular weight excluding hydrogens is 400 g/mol. The Bertz CT molecular complexity index is 1050. The lowest BCUT2D eigenvalue weighted by Gasteiger charge is -2.09. The summed E-state index contributed by atoms with van der Waals surface area (Å²) >= 11 is 9.65. The molecule has 4 nitrogen and oxygen atoms in total. The third-order valence-electron chi connectivity index (χ3n) is 4.22. The summed E-state index contributed by atoms with van der Waals surface area (Å²) in [4.78, 5) is 4.84. The minimum Gasteiger partial charge on any atom is -0.328 e. The van der Waals surface area contributed by atoms with Crippen LogP contribution in [0.4, 0.5) is 0 Å². The van der Waals surface area contributed by atoms with Crippen LogP contribution in [0.2, 0.25) is 5.02 Å². The van der Waals surface area contributed by atoms with Gasteiger partial charge in [-0.3, -0.25) is 0 Å². The second kappa shape index (κ2) is 6.65. The van der Waals surface area contributed by atoms with E-state index in [4.69, 9.17) is 16.6 Å². The molecule has 0 unspecified atom stereocenters. The van der Waals surface area contributed by atoms with Gasteiger partial charge in [-0.1, -0.05) is 33.6 Å². The molecule has 0 aliphatic rings. The topological polar surface area (TPSA) is 35.6 Å². The van der Waals surface area contributed by atoms with Crippen LogP contribution >= 0.6 is 27.5 Å². The Labute approximate surface area is 159 Å². The number of benzene rings is 2. The molecule has 4 aromatic rings. The Kier molecular flexibility index (Phi) is 4.36. The van der Waals surface area contributed by atoms with Crippen molar-refractivity contribution >= 4 is 38.6 Å². The predicted molar refractivity (Wildman–Crippen MR) is 104 cm³/mol. The molecule has 0 spiro atoms. The lowest BCUT2D eigenvalue weighted by atomic mass is 10.2. The van der Waals surface area contributed by atoms with Gasteiger partial charge in [-0.05, 0) is 49.4 Å². The molecule has 0 atom stereocenters. The smallest absolute Gasteiger partial charge is 0.115 e. The van der Waals surface area contributed by atoms with Crippen molar-refractivity contribution in [3.63, 3.8) is 0 Å². The van der Waals surface area contributed by atoms with E-state index in [9.17, 15) is 0 Å². The maximum atomic E-state index is 6.13. The van der Waals surface area contributed by atoms with Gasteiger partial charge < -0.3 is 4.57 Å². The van der Waals surface area contributed by atoms with E-state index >= 15 is 0 Å². The standard InChI is InChI=1S/C19H16BrClN4/c1-2-24-18-7-6-13(20)10-17(18)23-19(24)12-16-8-9-22-25(16)15-5-3-4-14(21)11-15/h3-11H,2,12H2,1H3. The average molecular weight is 416 g/mol. The van der Waals surface area contributed by atoms with E-state index in [0.29, 0.717) is 11.4 Å². The van der Waals surface area contributed by atoms with Crippen molar-refractivity contribution in [2.45, 2.75) is 19.9 Å². The Hall–Kier alpha value is -2.11. The van der Waals surface area contributed by atoms with Gasteiger partial charge >= 0.3 is 0 Å². The van der Waals surface area contributed by atoms with E-state index in [0.717, 1.165) is 39.3 Å². The van der Waals surface area contributed by atoms with Gasteiger partial charge in [-0.25, -0.2) is 9.67 Å². The second-order valence-corrected chi connectivity index (χ2v) is 7.15. The SMILES string of the molecule is CCn1c(Cc2ccnn2-c2cccc(Cl)c2)nc2cc(Br)ccc21. The second-order valence-electron chi connectivity index (χ2n) is 5.80. The van der Waals surface area contributed by atoms with Crippen LogP contribution in [-0.2, 0) is 13.0 Å². The average Bonchev–Trinajstić information content (AvgIpc) is 3.18. The Morgan fingerprint density at radius 1 is 1.12 bits per heavy atom. The van der Waals surface area contributed by atoms with Crippen molar-refractivity contribution in [3.8, 4) is 5.69 Å². The molecule has 0 amide bonds. The first-order chi connectivity index (χ1) is 12.2. The molecule has 4 rings (SSSR count). The van der Waals surface area contributed by atoms with E-state index < -0.39 is 0 Å². The minimum atomic E-state index is 0.699. The van der Waals surface area contributed by atoms with E-state index in [1.165, 1.54) is 0 Å². The van der Waals surface area contributed by atoms with Crippen LogP contribution in [0.15, 0.2) is 59.2 Å². The number of aryl methyl sites for hydroxylation is 1. The highest BCUT2D eigenvalue weighted by atomic mass is 79.9. The summed E-state index contributed by atoms with van der Waals surface area (Å²) in [6, 6.07) is 15.9. The van der Waals surface area contributed by atoms with Gasteiger partial charge in [0.2, 0.25) is 0 Å². The molecule has 0 saturated heterocycles. The Morgan fingerprint density at radius 3 is 2.80 bits per heavy atom. The van der Waals surface area contributed by atoms with Gasteiger partial charge in [0.05, 0.1) is 22.4 Å². The van der Waals surface area contributed by atoms with Gasteiger partial charge in [-0.2, -0.15) is 5.10 Å². The zero-order valence-electron chi connectivity index (χ0n) is 13.7. The van der Waals surface area contributed by atoms with Crippen molar-refractivity contribution in [1.29, 1.82) is 0 Å². The molecule has 0 aliphatic carbocycles. The van der Waals surface area contributed by atoms with Crippen LogP contribution in [0.25, 0.3) is 16.7 Å². The summed E-state index contributed by atoms with van der Waals surface area (Å²) in [6.07, 6.45) is 2.51. The van der Waals surface area contributed by atoms with Gasteiger partial charge in [0.1, 0.15) is 5.82 Å². The van der Waals surface area contributed by atoms with Crippen molar-refractivity contribution in [3.05, 3.63) is 75.7 Å². The Balaban J connectivity index is 1.77. The molecule has 2 aromatic carbocycles. The minimum absolute atomic E-state index is 0.699. The Morgan fingerprint density at radius 2 is 2.00 bits per heavy atom. The number of fused-ring (bicyclic) bond motifs is 1. The first kappa shape index (κ1) is 16.4. The molecule has 0 N–H and O–H groups in total. The number of halogens is 2. The van der Waals surface area contributed by atoms with Crippen molar-refractivity contribution in [2.75, 3.05) is 0 Å². The summed E-state index contributed by atoms with van der Waals surface area (Å²) < 4.78 is 5.20. The van der Waals surface area contributed by atoms with Gasteiger partial charge in [-0.15, -0.1) is 0 Å². The van der Waals surface area contributed by atoms with Gasteiger partial charge in [0, 0.05) is 28.7 Å². The number of hydrogen-bond donors (Lipinski definition) is 0. The molecule has 25 heavy (non-hydrogen) atoms. The summed E-state index contributed by atoms with van der Waals surface area (Å²) in [5.41, 5.74) is 4.18. The van der Waals surface area contributed by atoms with Crippen molar-refractivity contribution in [2.24, 2.45) is 0 Å². The number of imidazole rings is 1. The summed E-state index contributed by atoms with van der Waals surface area (Å²) in [5.74, 6) is 1.03. The molecule has 0 fully saturated rings. The molecular formula is C19H16BrClN4. The highest BCUT2D eigenvalue weighted by molar-refractivity contribution is 9.10. The zero-order chi connectivity index (χ0) is 17.4. The molecule has 0 saturated carbocycles. The number of hydrogen-bond acceptors (Lipinski definition) is 2. The molecule has 0 bridgehead atoms. The molecule has 6 heteroatoms. The maximum Gasteiger partial charge on any atom is 0.115 e. The molecule has 2 aromatic heterocycles. The fourth-order valence-corrected chi connectivity index (χ4v) is 3.64. The third kappa shape index (κ3) is 3.10. The summed E-state index contributed by atoms with van der Waals surface area (Å²) in [6.45, 7) is 3.01. The van der Waals surface area contributed by atoms with Gasteiger partial charge in [0.25, 0.3) is 0 Å². The third-order valence-corrected chi connectivity index (χ3v) is 4.95. The zero-order valence-corrected chi connectivity index (χ0v) is 16.0. The highest BCUT2D eigenvalue weighted by Crippen LogP contribution is 2.23. The van der Waals surface area contributed by atoms with Gasteiger partial charge in [0.15, 0.2) is 0 Å². The number of rotatable bonds is 4. The predicted octanol–water partition coefficient (Wildman–Crippen LogP) is 5.25. The van der Waals surface area contributed by atoms with E-state index in [2.05, 4.69) is 50.7 Å². The highest BCUT2D eigenvalue weighted by Gasteiger charge is 2.13.